The van der Waals surface area contributed by atoms with Gasteiger partial charge >= 0.3 is 6.18 Å². The van der Waals surface area contributed by atoms with Crippen LogP contribution < -0.4 is 5.32 Å². The molecular weight excluding hydrogens is 399 g/mol. The van der Waals surface area contributed by atoms with Crippen molar-refractivity contribution in [1.82, 2.24) is 9.80 Å². The van der Waals surface area contributed by atoms with E-state index in [0.29, 0.717) is 26.1 Å². The van der Waals surface area contributed by atoms with Crippen LogP contribution in [-0.4, -0.2) is 74.8 Å². The minimum atomic E-state index is -4.58. The van der Waals surface area contributed by atoms with Crippen LogP contribution >= 0.6 is 0 Å². The van der Waals surface area contributed by atoms with Gasteiger partial charge in [0.2, 0.25) is 11.8 Å². The largest absolute Gasteiger partial charge is 0.418 e. The van der Waals surface area contributed by atoms with E-state index < -0.39 is 39.1 Å². The van der Waals surface area contributed by atoms with Crippen LogP contribution in [0.25, 0.3) is 0 Å². The molecule has 11 heteroatoms. The van der Waals surface area contributed by atoms with Crippen molar-refractivity contribution < 1.29 is 31.2 Å². The summed E-state index contributed by atoms with van der Waals surface area (Å²) in [5.74, 6) is -1.65. The third kappa shape index (κ3) is 6.79. The third-order valence-corrected chi connectivity index (χ3v) is 4.97. The second-order valence-corrected chi connectivity index (χ2v) is 8.81. The SMILES string of the molecule is CS(=O)(=O)CC(=O)N1CCCN(CC(=O)Nc2ccccc2C(F)(F)F)CC1. The van der Waals surface area contributed by atoms with Crippen molar-refractivity contribution >= 4 is 27.3 Å². The summed E-state index contributed by atoms with van der Waals surface area (Å²) in [6, 6.07) is 4.74. The van der Waals surface area contributed by atoms with E-state index in [0.717, 1.165) is 12.3 Å². The van der Waals surface area contributed by atoms with E-state index in [1.54, 1.807) is 4.90 Å². The topological polar surface area (TPSA) is 86.8 Å². The van der Waals surface area contributed by atoms with Crippen molar-refractivity contribution in [3.63, 3.8) is 0 Å². The molecule has 2 amide bonds. The number of sulfone groups is 1. The summed E-state index contributed by atoms with van der Waals surface area (Å²) in [4.78, 5) is 27.4. The number of hydrogen-bond acceptors (Lipinski definition) is 5. The van der Waals surface area contributed by atoms with Crippen LogP contribution in [0.15, 0.2) is 24.3 Å². The van der Waals surface area contributed by atoms with Crippen LogP contribution in [0.2, 0.25) is 0 Å². The molecule has 2 rings (SSSR count). The Morgan fingerprint density at radius 1 is 1.11 bits per heavy atom. The molecule has 0 radical (unpaired) electrons. The zero-order valence-corrected chi connectivity index (χ0v) is 16.1. The molecule has 1 fully saturated rings. The van der Waals surface area contributed by atoms with E-state index in [1.807, 2.05) is 0 Å². The first-order valence-corrected chi connectivity index (χ1v) is 10.7. The highest BCUT2D eigenvalue weighted by Crippen LogP contribution is 2.34. The Labute approximate surface area is 161 Å². The summed E-state index contributed by atoms with van der Waals surface area (Å²) in [6.07, 6.45) is -3.06. The lowest BCUT2D eigenvalue weighted by Gasteiger charge is -2.22. The number of halogens is 3. The molecule has 0 atom stereocenters. The number of nitrogens with one attached hydrogen (secondary N) is 1. The number of benzene rings is 1. The summed E-state index contributed by atoms with van der Waals surface area (Å²) < 4.78 is 61.5. The van der Waals surface area contributed by atoms with Gasteiger partial charge < -0.3 is 10.2 Å². The molecule has 7 nitrogen and oxygen atoms in total. The van der Waals surface area contributed by atoms with Gasteiger partial charge in [-0.05, 0) is 18.6 Å². The maximum Gasteiger partial charge on any atom is 0.418 e. The summed E-state index contributed by atoms with van der Waals surface area (Å²) >= 11 is 0. The van der Waals surface area contributed by atoms with E-state index in [-0.39, 0.29) is 18.8 Å². The maximum atomic E-state index is 13.0. The molecule has 1 N–H and O–H groups in total. The number of carbonyl (C=O) groups is 2. The van der Waals surface area contributed by atoms with E-state index in [2.05, 4.69) is 5.32 Å². The van der Waals surface area contributed by atoms with Gasteiger partial charge in [0.05, 0.1) is 17.8 Å². The van der Waals surface area contributed by atoms with Gasteiger partial charge in [-0.25, -0.2) is 8.42 Å². The number of anilines is 1. The average Bonchev–Trinajstić information content (AvgIpc) is 2.78. The molecule has 1 aromatic carbocycles. The van der Waals surface area contributed by atoms with Crippen molar-refractivity contribution in [2.75, 3.05) is 50.0 Å². The van der Waals surface area contributed by atoms with Gasteiger partial charge in [-0.2, -0.15) is 13.2 Å². The number of amides is 2. The minimum Gasteiger partial charge on any atom is -0.340 e. The zero-order chi connectivity index (χ0) is 20.9. The smallest absolute Gasteiger partial charge is 0.340 e. The highest BCUT2D eigenvalue weighted by molar-refractivity contribution is 7.91. The second-order valence-electron chi connectivity index (χ2n) is 6.67. The molecule has 0 unspecified atom stereocenters. The summed E-state index contributed by atoms with van der Waals surface area (Å²) in [5.41, 5.74) is -1.23. The van der Waals surface area contributed by atoms with Gasteiger partial charge in [-0.15, -0.1) is 0 Å². The Hall–Kier alpha value is -2.14. The van der Waals surface area contributed by atoms with Gasteiger partial charge in [0.25, 0.3) is 0 Å². The predicted molar refractivity (Wildman–Crippen MR) is 97.4 cm³/mol. The summed E-state index contributed by atoms with van der Waals surface area (Å²) in [6.45, 7) is 1.28. The lowest BCUT2D eigenvalue weighted by Crippen LogP contribution is -2.39. The van der Waals surface area contributed by atoms with Crippen LogP contribution in [-0.2, 0) is 25.6 Å². The molecule has 156 valence electrons. The molecule has 0 spiro atoms. The first-order chi connectivity index (χ1) is 13.0. The minimum absolute atomic E-state index is 0.125. The molecule has 28 heavy (non-hydrogen) atoms. The summed E-state index contributed by atoms with van der Waals surface area (Å²) in [7, 11) is -3.43. The molecule has 1 aromatic rings. The normalized spacial score (nSPS) is 16.5. The van der Waals surface area contributed by atoms with Crippen LogP contribution in [0.5, 0.6) is 0 Å². The fourth-order valence-electron chi connectivity index (χ4n) is 2.93. The average molecular weight is 421 g/mol. The molecule has 1 heterocycles. The Morgan fingerprint density at radius 3 is 2.43 bits per heavy atom. The van der Waals surface area contributed by atoms with E-state index in [4.69, 9.17) is 0 Å². The lowest BCUT2D eigenvalue weighted by atomic mass is 10.1. The molecule has 1 saturated heterocycles. The number of para-hydroxylation sites is 1. The quantitative estimate of drug-likeness (QED) is 0.773. The first-order valence-electron chi connectivity index (χ1n) is 8.59. The molecule has 0 aromatic heterocycles. The number of rotatable bonds is 5. The molecule has 1 aliphatic rings. The van der Waals surface area contributed by atoms with Crippen molar-refractivity contribution in [3.8, 4) is 0 Å². The summed E-state index contributed by atoms with van der Waals surface area (Å²) in [5, 5.41) is 2.29. The molecule has 0 bridgehead atoms. The number of hydrogen-bond donors (Lipinski definition) is 1. The zero-order valence-electron chi connectivity index (χ0n) is 15.3. The van der Waals surface area contributed by atoms with Crippen molar-refractivity contribution in [3.05, 3.63) is 29.8 Å². The van der Waals surface area contributed by atoms with Crippen LogP contribution in [0.4, 0.5) is 18.9 Å². The fraction of sp³-hybridized carbons (Fsp3) is 0.529. The standard InChI is InChI=1S/C17H22F3N3O4S/c1-28(26,27)12-16(25)23-8-4-7-22(9-10-23)11-15(24)21-14-6-3-2-5-13(14)17(18,19)20/h2-3,5-6H,4,7-12H2,1H3,(H,21,24). The van der Waals surface area contributed by atoms with Gasteiger partial charge in [-0.1, -0.05) is 12.1 Å². The first kappa shape index (κ1) is 22.2. The van der Waals surface area contributed by atoms with E-state index in [9.17, 15) is 31.2 Å². The van der Waals surface area contributed by atoms with Gasteiger partial charge in [-0.3, -0.25) is 14.5 Å². The van der Waals surface area contributed by atoms with Crippen molar-refractivity contribution in [1.29, 1.82) is 0 Å². The molecule has 1 aliphatic heterocycles. The number of alkyl halides is 3. The van der Waals surface area contributed by atoms with Crippen LogP contribution in [0, 0.1) is 0 Å². The number of nitrogens with zero attached hydrogens (tertiary/aromatic N) is 2. The van der Waals surface area contributed by atoms with E-state index >= 15 is 0 Å². The Balaban J connectivity index is 1.93. The van der Waals surface area contributed by atoms with Crippen molar-refractivity contribution in [2.45, 2.75) is 12.6 Å². The molecule has 0 aliphatic carbocycles. The molecular formula is C17H22F3N3O4S. The maximum absolute atomic E-state index is 13.0. The Kier molecular flexibility index (Phi) is 7.05. The van der Waals surface area contributed by atoms with Crippen LogP contribution in [0.3, 0.4) is 0 Å². The van der Waals surface area contributed by atoms with Crippen molar-refractivity contribution in [2.24, 2.45) is 0 Å². The Morgan fingerprint density at radius 2 is 1.79 bits per heavy atom. The third-order valence-electron chi connectivity index (χ3n) is 4.20. The second kappa shape index (κ2) is 8.91. The van der Waals surface area contributed by atoms with Gasteiger partial charge in [0.15, 0.2) is 9.84 Å². The highest BCUT2D eigenvalue weighted by Gasteiger charge is 2.33. The van der Waals surface area contributed by atoms with Gasteiger partial charge in [0.1, 0.15) is 5.75 Å². The van der Waals surface area contributed by atoms with Crippen LogP contribution in [0.1, 0.15) is 12.0 Å². The predicted octanol–water partition coefficient (Wildman–Crippen LogP) is 1.22. The number of carbonyl (C=O) groups excluding carboxylic acids is 2. The lowest BCUT2D eigenvalue weighted by molar-refractivity contribution is -0.137. The van der Waals surface area contributed by atoms with Gasteiger partial charge in [0, 0.05) is 32.4 Å². The highest BCUT2D eigenvalue weighted by atomic mass is 32.2. The monoisotopic (exact) mass is 421 g/mol. The van der Waals surface area contributed by atoms with E-state index in [1.165, 1.54) is 23.1 Å². The molecule has 0 saturated carbocycles. The fourth-order valence-corrected chi connectivity index (χ4v) is 3.56. The Bertz CT molecular complexity index is 827.